The predicted molar refractivity (Wildman–Crippen MR) is 408 cm³/mol. The Kier molecular flexibility index (Phi) is 24.9. The van der Waals surface area contributed by atoms with E-state index in [-0.39, 0.29) is 98.6 Å². The number of nitrogens with zero attached hydrogens (tertiary/aromatic N) is 8. The fraction of sp³-hybridized carbons (Fsp3) is 0.481. The number of nitrogens with two attached hydrogens (primary N) is 2. The molecule has 6 aliphatic rings. The number of carboxylic acids is 2. The predicted octanol–water partition coefficient (Wildman–Crippen LogP) is 7.26. The Morgan fingerprint density at radius 1 is 0.784 bits per heavy atom. The summed E-state index contributed by atoms with van der Waals surface area (Å²) in [6.07, 6.45) is 9.04. The number of amides is 10. The summed E-state index contributed by atoms with van der Waals surface area (Å²) in [4.78, 5) is 159. The van der Waals surface area contributed by atoms with E-state index in [1.807, 2.05) is 59.0 Å². The third kappa shape index (κ3) is 19.6. The molecule has 12 rings (SSSR count). The SMILES string of the molecule is Cc1c(-c2ccc(N3CCc4cccc(C(=O)Nc5nc6ccccc6s5)c4C3)nc2C(=O)O)cnn1CC12CC3(C)CC(C)(C1)CC(OCCN(CCC(=O)O)C(=O)OCc1ccc(N(C(N)=O)[C@@H](CCCN)C(=O)NC(=O)[C@@H](NC(=O)[C@H](CS(=O)(=O)O)NC(=O)CCCCCN4C(=O)C=CC4=O)C(C)C)cc1)(C3)C2. The molecule has 0 saturated heterocycles. The number of benzene rings is 3. The van der Waals surface area contributed by atoms with E-state index in [2.05, 4.69) is 40.1 Å². The van der Waals surface area contributed by atoms with Crippen LogP contribution in [0.15, 0.2) is 97.2 Å². The third-order valence-electron chi connectivity index (χ3n) is 21.4. The lowest BCUT2D eigenvalue weighted by Gasteiger charge is -2.69. The minimum absolute atomic E-state index is 0.0145. The molecule has 5 atom stereocenters. The highest BCUT2D eigenvalue weighted by Gasteiger charge is 2.66. The van der Waals surface area contributed by atoms with Crippen LogP contribution in [0, 0.1) is 29.1 Å². The number of primary amides is 1. The molecule has 6 aromatic rings. The topological polar surface area (TPSA) is 458 Å². The van der Waals surface area contributed by atoms with Crippen LogP contribution in [0.25, 0.3) is 21.3 Å². The Bertz CT molecular complexity index is 4680. The van der Waals surface area contributed by atoms with E-state index >= 15 is 0 Å². The number of unbranched alkanes of at least 4 members (excludes halogenated alkanes) is 2. The molecule has 5 heterocycles. The fourth-order valence-corrected chi connectivity index (χ4v) is 19.1. The van der Waals surface area contributed by atoms with Crippen molar-refractivity contribution in [1.29, 1.82) is 0 Å². The first kappa shape index (κ1) is 81.4. The quantitative estimate of drug-likeness (QED) is 0.0107. The van der Waals surface area contributed by atoms with E-state index in [0.29, 0.717) is 78.5 Å². The Morgan fingerprint density at radius 2 is 1.50 bits per heavy atom. The molecule has 0 spiro atoms. The van der Waals surface area contributed by atoms with Crippen LogP contribution in [-0.4, -0.2) is 187 Å². The number of aromatic carboxylic acids is 1. The molecule has 3 aromatic heterocycles. The Hall–Kier alpha value is -10.5. The van der Waals surface area contributed by atoms with Crippen molar-refractivity contribution in [2.75, 3.05) is 60.2 Å². The number of para-hydroxylation sites is 1. The zero-order valence-electron chi connectivity index (χ0n) is 62.5. The number of pyridine rings is 1. The number of carbonyl (C=O) groups is 11. The summed E-state index contributed by atoms with van der Waals surface area (Å²) in [5.74, 6) is -9.28. The Labute approximate surface area is 645 Å². The molecule has 10 amide bonds. The largest absolute Gasteiger partial charge is 0.481 e. The van der Waals surface area contributed by atoms with Gasteiger partial charge in [-0.1, -0.05) is 81.9 Å². The van der Waals surface area contributed by atoms with Crippen molar-refractivity contribution in [3.05, 3.63) is 131 Å². The van der Waals surface area contributed by atoms with Gasteiger partial charge in [0.05, 0.1) is 35.0 Å². The lowest BCUT2D eigenvalue weighted by molar-refractivity contribution is -0.248. The summed E-state index contributed by atoms with van der Waals surface area (Å²) in [5.41, 5.74) is 15.9. The van der Waals surface area contributed by atoms with Gasteiger partial charge in [0.15, 0.2) is 10.8 Å². The van der Waals surface area contributed by atoms with Crippen LogP contribution in [0.5, 0.6) is 0 Å². The lowest BCUT2D eigenvalue weighted by atomic mass is 9.39. The zero-order chi connectivity index (χ0) is 79.9. The molecule has 592 valence electrons. The summed E-state index contributed by atoms with van der Waals surface area (Å²) >= 11 is 1.39. The molecule has 0 radical (unpaired) electrons. The summed E-state index contributed by atoms with van der Waals surface area (Å²) in [6, 6.07) is 16.7. The molecule has 3 aromatic carbocycles. The summed E-state index contributed by atoms with van der Waals surface area (Å²) in [7, 11) is -4.91. The lowest BCUT2D eigenvalue weighted by Crippen LogP contribution is -2.64. The average Bonchev–Trinajstić information content (AvgIpc) is 0.758. The molecule has 2 aliphatic heterocycles. The van der Waals surface area contributed by atoms with Gasteiger partial charge in [-0.15, -0.1) is 0 Å². The van der Waals surface area contributed by atoms with Crippen molar-refractivity contribution in [3.63, 3.8) is 0 Å². The summed E-state index contributed by atoms with van der Waals surface area (Å²) < 4.78 is 49.5. The standard InChI is InChI=1S/C77H94N14O18S2/c1-46(2)64(84-67(98)56(38-111(105,106)107)81-60(92)18-7-6-10-30-89-61(93)25-26-62(89)94)69(100)85-68(99)57(16-12-29-78)91(71(79)103)50-21-19-48(20-22-50)37-108-73(104)87(32-28-63(95)96)33-34-109-77-42-74(4)39-75(5,43-77)41-76(40-74,44-77)45-90-47(3)53(35-80-90)51-23-24-59(83-65(51)70(101)102)88-31-27-49-13-11-14-52(54(49)36-88)66(97)86-72-82-55-15-8-9-17-58(55)110-72/h8-9,11,13-15,17,19-26,35,46,56-57,64H,6-7,10,12,16,18,27-34,36-45,78H2,1-5H3,(H2,79,103)(H,81,92)(H,84,98)(H,95,96)(H,101,102)(H,82,86,97)(H,85,99,100)(H,105,106,107)/t56-,57-,64-,74?,75?,76?,77?/m0/s1. The normalized spacial score (nSPS) is 20.5. The molecular formula is C77H94N14O18S2. The average molecular weight is 1570 g/mol. The van der Waals surface area contributed by atoms with Crippen molar-refractivity contribution in [2.45, 2.75) is 168 Å². The van der Waals surface area contributed by atoms with Crippen molar-refractivity contribution in [2.24, 2.45) is 33.6 Å². The van der Waals surface area contributed by atoms with Crippen LogP contribution in [0.4, 0.5) is 26.2 Å². The van der Waals surface area contributed by atoms with E-state index in [4.69, 9.17) is 31.0 Å². The number of urea groups is 1. The van der Waals surface area contributed by atoms with Crippen LogP contribution in [0.1, 0.15) is 154 Å². The molecular weight excluding hydrogens is 1470 g/mol. The highest BCUT2D eigenvalue weighted by Crippen LogP contribution is 2.72. The number of imide groups is 2. The van der Waals surface area contributed by atoms with Crippen molar-refractivity contribution in [3.8, 4) is 11.1 Å². The Morgan fingerprint density at radius 3 is 2.17 bits per heavy atom. The van der Waals surface area contributed by atoms with E-state index in [9.17, 15) is 75.9 Å². The van der Waals surface area contributed by atoms with Gasteiger partial charge < -0.3 is 51.6 Å². The minimum Gasteiger partial charge on any atom is -0.481 e. The number of nitrogens with one attached hydrogen (secondary N) is 4. The highest BCUT2D eigenvalue weighted by atomic mass is 32.2. The smallest absolute Gasteiger partial charge is 0.410 e. The van der Waals surface area contributed by atoms with Crippen molar-refractivity contribution in [1.82, 2.24) is 45.5 Å². The van der Waals surface area contributed by atoms with E-state index < -0.39 is 111 Å². The maximum absolute atomic E-state index is 14.2. The second-order valence-electron chi connectivity index (χ2n) is 30.9. The zero-order valence-corrected chi connectivity index (χ0v) is 64.2. The molecule has 2 unspecified atom stereocenters. The monoisotopic (exact) mass is 1570 g/mol. The molecule has 4 bridgehead atoms. The van der Waals surface area contributed by atoms with E-state index in [1.54, 1.807) is 18.3 Å². The Balaban J connectivity index is 0.702. The van der Waals surface area contributed by atoms with Gasteiger partial charge >= 0.3 is 24.1 Å². The number of hydrogen-bond acceptors (Lipinski definition) is 21. The first-order chi connectivity index (χ1) is 52.6. The van der Waals surface area contributed by atoms with Crippen LogP contribution in [-0.2, 0) is 79.3 Å². The maximum atomic E-state index is 14.2. The molecule has 34 heteroatoms. The molecule has 32 nitrogen and oxygen atoms in total. The summed E-state index contributed by atoms with van der Waals surface area (Å²) in [6.45, 7) is 10.6. The second-order valence-corrected chi connectivity index (χ2v) is 33.4. The van der Waals surface area contributed by atoms with Gasteiger partial charge in [-0.05, 0) is 165 Å². The van der Waals surface area contributed by atoms with Gasteiger partial charge in [-0.25, -0.2) is 24.4 Å². The number of carboxylic acid groups (broad SMARTS) is 2. The number of aliphatic carboxylic acids is 1. The van der Waals surface area contributed by atoms with Crippen LogP contribution in [0.3, 0.4) is 0 Å². The van der Waals surface area contributed by atoms with Gasteiger partial charge in [-0.3, -0.25) is 68.0 Å². The van der Waals surface area contributed by atoms with Crippen LogP contribution in [0.2, 0.25) is 0 Å². The first-order valence-corrected chi connectivity index (χ1v) is 39.5. The summed E-state index contributed by atoms with van der Waals surface area (Å²) in [5, 5.41) is 35.8. The molecule has 4 aliphatic carbocycles. The van der Waals surface area contributed by atoms with Crippen LogP contribution < -0.4 is 42.5 Å². The van der Waals surface area contributed by atoms with Crippen LogP contribution >= 0.6 is 11.3 Å². The van der Waals surface area contributed by atoms with Gasteiger partial charge in [0, 0.05) is 85.9 Å². The number of hydrogen-bond donors (Lipinski definition) is 9. The number of fused-ring (bicyclic) bond motifs is 2. The minimum atomic E-state index is -4.91. The number of anilines is 3. The molecule has 111 heavy (non-hydrogen) atoms. The van der Waals surface area contributed by atoms with Crippen molar-refractivity contribution >= 4 is 114 Å². The number of ether oxygens (including phenoxy) is 2. The number of rotatable bonds is 35. The second kappa shape index (κ2) is 34.0. The molecule has 11 N–H and O–H groups in total. The van der Waals surface area contributed by atoms with Gasteiger partial charge in [0.2, 0.25) is 23.6 Å². The number of aromatic nitrogens is 4. The van der Waals surface area contributed by atoms with Gasteiger partial charge in [0.25, 0.3) is 27.8 Å². The van der Waals surface area contributed by atoms with Gasteiger partial charge in [0.1, 0.15) is 36.3 Å². The highest BCUT2D eigenvalue weighted by molar-refractivity contribution is 7.85. The van der Waals surface area contributed by atoms with Gasteiger partial charge in [-0.2, -0.15) is 13.5 Å². The fourth-order valence-electron chi connectivity index (χ4n) is 17.6. The van der Waals surface area contributed by atoms with E-state index in [1.165, 1.54) is 54.3 Å². The number of thiazole rings is 1. The first-order valence-electron chi connectivity index (χ1n) is 37.0. The molecule has 4 fully saturated rings. The van der Waals surface area contributed by atoms with Crippen molar-refractivity contribution < 1.29 is 85.4 Å². The number of carbonyl (C=O) groups excluding carboxylic acids is 9. The van der Waals surface area contributed by atoms with E-state index in [0.717, 1.165) is 81.1 Å². The maximum Gasteiger partial charge on any atom is 0.410 e. The molecule has 4 saturated carbocycles. The third-order valence-corrected chi connectivity index (χ3v) is 23.1.